The fourth-order valence-corrected chi connectivity index (χ4v) is 2.33. The summed E-state index contributed by atoms with van der Waals surface area (Å²) in [5, 5.41) is 3.35. The van der Waals surface area contributed by atoms with Gasteiger partial charge in [0.15, 0.2) is 4.77 Å². The number of imidazole rings is 1. The second-order valence-corrected chi connectivity index (χ2v) is 4.12. The molecule has 0 aliphatic carbocycles. The molecule has 1 atom stereocenters. The van der Waals surface area contributed by atoms with E-state index in [1.165, 1.54) is 11.4 Å². The third kappa shape index (κ3) is 1.51. The predicted octanol–water partition coefficient (Wildman–Crippen LogP) is 0.711. The highest BCUT2D eigenvalue weighted by Gasteiger charge is 2.17. The molecule has 78 valence electrons. The number of H-pyrrole nitrogens is 1. The molecule has 2 rings (SSSR count). The highest BCUT2D eigenvalue weighted by molar-refractivity contribution is 7.71. The number of nitrogens with one attached hydrogen (secondary N) is 2. The summed E-state index contributed by atoms with van der Waals surface area (Å²) in [5.74, 6) is 0. The molecule has 1 aliphatic rings. The van der Waals surface area contributed by atoms with E-state index in [9.17, 15) is 0 Å². The summed E-state index contributed by atoms with van der Waals surface area (Å²) in [5.41, 5.74) is 8.21. The van der Waals surface area contributed by atoms with E-state index >= 15 is 0 Å². The Hall–Kier alpha value is -0.650. The van der Waals surface area contributed by atoms with E-state index in [-0.39, 0.29) is 6.04 Å². The second kappa shape index (κ2) is 3.84. The summed E-state index contributed by atoms with van der Waals surface area (Å²) in [7, 11) is 0. The minimum absolute atomic E-state index is 0.280. The lowest BCUT2D eigenvalue weighted by atomic mass is 10.1. The molecule has 4 N–H and O–H groups in total. The van der Waals surface area contributed by atoms with E-state index in [0.717, 1.165) is 24.3 Å². The number of aromatic nitrogens is 2. The van der Waals surface area contributed by atoms with Gasteiger partial charge in [-0.05, 0) is 19.1 Å². The number of nitrogens with two attached hydrogens (primary N) is 1. The van der Waals surface area contributed by atoms with Crippen LogP contribution in [0, 0.1) is 4.77 Å². The molecular weight excluding hydrogens is 196 g/mol. The number of hydrogen-bond donors (Lipinski definition) is 3. The summed E-state index contributed by atoms with van der Waals surface area (Å²) in [6.07, 6.45) is 1.03. The molecule has 2 heterocycles. The lowest BCUT2D eigenvalue weighted by molar-refractivity contribution is 0.506. The molecule has 0 bridgehead atoms. The van der Waals surface area contributed by atoms with Crippen LogP contribution in [0.1, 0.15) is 24.4 Å². The van der Waals surface area contributed by atoms with Crippen LogP contribution < -0.4 is 11.1 Å². The van der Waals surface area contributed by atoms with Crippen molar-refractivity contribution in [3.05, 3.63) is 16.2 Å². The molecule has 1 unspecified atom stereocenters. The average molecular weight is 212 g/mol. The van der Waals surface area contributed by atoms with E-state index in [2.05, 4.69) is 21.8 Å². The zero-order chi connectivity index (χ0) is 10.1. The van der Waals surface area contributed by atoms with E-state index in [0.29, 0.717) is 6.54 Å². The maximum absolute atomic E-state index is 5.66. The number of hydrogen-bond acceptors (Lipinski definition) is 3. The summed E-state index contributed by atoms with van der Waals surface area (Å²) in [6, 6.07) is 0.280. The van der Waals surface area contributed by atoms with Crippen molar-refractivity contribution in [1.82, 2.24) is 14.9 Å². The maximum atomic E-state index is 5.66. The van der Waals surface area contributed by atoms with Gasteiger partial charge in [-0.2, -0.15) is 0 Å². The maximum Gasteiger partial charge on any atom is 0.177 e. The molecule has 0 saturated carbocycles. The van der Waals surface area contributed by atoms with Gasteiger partial charge in [-0.3, -0.25) is 0 Å². The largest absolute Gasteiger partial charge is 0.334 e. The summed E-state index contributed by atoms with van der Waals surface area (Å²) >= 11 is 5.29. The Bertz CT molecular complexity index is 379. The standard InChI is InChI=1S/C9H16N4S/c1-6(4-10)13-8-5-11-3-2-7(8)12-9(13)14/h6,11H,2-5,10H2,1H3,(H,12,14). The number of nitrogens with zero attached hydrogens (tertiary/aromatic N) is 1. The molecule has 0 radical (unpaired) electrons. The van der Waals surface area contributed by atoms with Crippen LogP contribution in [0.15, 0.2) is 0 Å². The Labute approximate surface area is 88.5 Å². The van der Waals surface area contributed by atoms with Crippen molar-refractivity contribution in [2.45, 2.75) is 25.9 Å². The number of rotatable bonds is 2. The molecule has 4 nitrogen and oxygen atoms in total. The quantitative estimate of drug-likeness (QED) is 0.633. The SMILES string of the molecule is CC(CN)n1c2c([nH]c1=S)CCNC2. The third-order valence-corrected chi connectivity index (χ3v) is 3.04. The van der Waals surface area contributed by atoms with Gasteiger partial charge in [-0.15, -0.1) is 0 Å². The van der Waals surface area contributed by atoms with Gasteiger partial charge in [0.2, 0.25) is 0 Å². The first-order valence-corrected chi connectivity index (χ1v) is 5.38. The highest BCUT2D eigenvalue weighted by Crippen LogP contribution is 2.17. The van der Waals surface area contributed by atoms with Gasteiger partial charge in [0.25, 0.3) is 0 Å². The summed E-state index contributed by atoms with van der Waals surface area (Å²) in [4.78, 5) is 3.26. The average Bonchev–Trinajstić information content (AvgIpc) is 2.53. The number of aromatic amines is 1. The molecule has 0 amide bonds. The fourth-order valence-electron chi connectivity index (χ4n) is 1.92. The molecule has 0 saturated heterocycles. The van der Waals surface area contributed by atoms with E-state index < -0.39 is 0 Å². The van der Waals surface area contributed by atoms with Crippen LogP contribution in [-0.4, -0.2) is 22.6 Å². The normalized spacial score (nSPS) is 17.9. The Morgan fingerprint density at radius 1 is 1.64 bits per heavy atom. The predicted molar refractivity (Wildman–Crippen MR) is 58.8 cm³/mol. The molecule has 1 aromatic rings. The molecule has 0 spiro atoms. The van der Waals surface area contributed by atoms with Gasteiger partial charge >= 0.3 is 0 Å². The van der Waals surface area contributed by atoms with Crippen LogP contribution >= 0.6 is 12.2 Å². The molecule has 14 heavy (non-hydrogen) atoms. The number of fused-ring (bicyclic) bond motifs is 1. The molecule has 1 aromatic heterocycles. The first-order chi connectivity index (χ1) is 6.74. The second-order valence-electron chi connectivity index (χ2n) is 3.74. The Morgan fingerprint density at radius 2 is 2.43 bits per heavy atom. The van der Waals surface area contributed by atoms with Crippen molar-refractivity contribution in [3.63, 3.8) is 0 Å². The van der Waals surface area contributed by atoms with E-state index in [4.69, 9.17) is 18.0 Å². The first kappa shape index (κ1) is 9.89. The topological polar surface area (TPSA) is 58.8 Å². The van der Waals surface area contributed by atoms with Gasteiger partial charge < -0.3 is 20.6 Å². The Balaban J connectivity index is 2.48. The van der Waals surface area contributed by atoms with Crippen LogP contribution in [0.5, 0.6) is 0 Å². The third-order valence-electron chi connectivity index (χ3n) is 2.74. The Kier molecular flexibility index (Phi) is 2.71. The monoisotopic (exact) mass is 212 g/mol. The van der Waals surface area contributed by atoms with Gasteiger partial charge in [-0.1, -0.05) is 0 Å². The van der Waals surface area contributed by atoms with Crippen molar-refractivity contribution in [3.8, 4) is 0 Å². The first-order valence-electron chi connectivity index (χ1n) is 4.97. The Morgan fingerprint density at radius 3 is 3.14 bits per heavy atom. The summed E-state index contributed by atoms with van der Waals surface area (Å²) in [6.45, 7) is 4.64. The van der Waals surface area contributed by atoms with Crippen LogP contribution in [0.4, 0.5) is 0 Å². The van der Waals surface area contributed by atoms with Crippen LogP contribution in [0.3, 0.4) is 0 Å². The molecule has 0 fully saturated rings. The zero-order valence-corrected chi connectivity index (χ0v) is 9.16. The van der Waals surface area contributed by atoms with Gasteiger partial charge in [-0.25, -0.2) is 0 Å². The fraction of sp³-hybridized carbons (Fsp3) is 0.667. The van der Waals surface area contributed by atoms with Gasteiger partial charge in [0.05, 0.1) is 5.69 Å². The summed E-state index contributed by atoms with van der Waals surface area (Å²) < 4.78 is 2.94. The highest BCUT2D eigenvalue weighted by atomic mass is 32.1. The minimum atomic E-state index is 0.280. The lowest BCUT2D eigenvalue weighted by Gasteiger charge is -2.19. The van der Waals surface area contributed by atoms with Crippen molar-refractivity contribution in [2.24, 2.45) is 5.73 Å². The van der Waals surface area contributed by atoms with Gasteiger partial charge in [0.1, 0.15) is 0 Å². The minimum Gasteiger partial charge on any atom is -0.334 e. The van der Waals surface area contributed by atoms with Crippen LogP contribution in [0.25, 0.3) is 0 Å². The van der Waals surface area contributed by atoms with Crippen molar-refractivity contribution >= 4 is 12.2 Å². The van der Waals surface area contributed by atoms with Crippen molar-refractivity contribution in [1.29, 1.82) is 0 Å². The van der Waals surface area contributed by atoms with E-state index in [1.54, 1.807) is 0 Å². The van der Waals surface area contributed by atoms with Crippen molar-refractivity contribution < 1.29 is 0 Å². The smallest absolute Gasteiger partial charge is 0.177 e. The lowest BCUT2D eigenvalue weighted by Crippen LogP contribution is -2.27. The van der Waals surface area contributed by atoms with Crippen molar-refractivity contribution in [2.75, 3.05) is 13.1 Å². The molecule has 5 heteroatoms. The molecule has 0 aromatic carbocycles. The van der Waals surface area contributed by atoms with Gasteiger partial charge in [0, 0.05) is 37.8 Å². The van der Waals surface area contributed by atoms with E-state index in [1.807, 2.05) is 0 Å². The van der Waals surface area contributed by atoms with Crippen LogP contribution in [0.2, 0.25) is 0 Å². The zero-order valence-electron chi connectivity index (χ0n) is 8.34. The molecule has 1 aliphatic heterocycles. The van der Waals surface area contributed by atoms with Crippen LogP contribution in [-0.2, 0) is 13.0 Å². The molecular formula is C9H16N4S.